The van der Waals surface area contributed by atoms with E-state index in [0.29, 0.717) is 30.1 Å². The number of morpholine rings is 1. The number of carbonyl (C=O) groups is 2. The molecule has 0 spiro atoms. The number of aryl methyl sites for hydroxylation is 1. The van der Waals surface area contributed by atoms with Gasteiger partial charge in [0.2, 0.25) is 0 Å². The molecular weight excluding hydrogens is 360 g/mol. The Morgan fingerprint density at radius 1 is 1.21 bits per heavy atom. The maximum Gasteiger partial charge on any atom is 0.340 e. The zero-order valence-corrected chi connectivity index (χ0v) is 16.9. The Balaban J connectivity index is 1.76. The summed E-state index contributed by atoms with van der Waals surface area (Å²) in [5.41, 5.74) is 1.65. The summed E-state index contributed by atoms with van der Waals surface area (Å²) < 4.78 is 16.3. The molecule has 1 aromatic carbocycles. The predicted molar refractivity (Wildman–Crippen MR) is 104 cm³/mol. The Labute approximate surface area is 164 Å². The van der Waals surface area contributed by atoms with Gasteiger partial charge in [0.25, 0.3) is 5.91 Å². The number of rotatable bonds is 4. The molecule has 1 aliphatic heterocycles. The van der Waals surface area contributed by atoms with E-state index in [4.69, 9.17) is 14.2 Å². The van der Waals surface area contributed by atoms with Crippen molar-refractivity contribution < 1.29 is 23.8 Å². The molecule has 0 saturated carbocycles. The topological polar surface area (TPSA) is 78.0 Å². The molecule has 1 aliphatic rings. The lowest BCUT2D eigenvalue weighted by Crippen LogP contribution is -2.51. The molecule has 2 aromatic rings. The third-order valence-corrected chi connectivity index (χ3v) is 4.80. The van der Waals surface area contributed by atoms with E-state index < -0.39 is 12.1 Å². The van der Waals surface area contributed by atoms with E-state index >= 15 is 0 Å². The summed E-state index contributed by atoms with van der Waals surface area (Å²) in [4.78, 5) is 31.6. The van der Waals surface area contributed by atoms with Crippen LogP contribution in [0.3, 0.4) is 0 Å². The summed E-state index contributed by atoms with van der Waals surface area (Å²) in [6, 6.07) is 7.18. The molecule has 1 aromatic heterocycles. The fraction of sp³-hybridized carbons (Fsp3) is 0.476. The summed E-state index contributed by atoms with van der Waals surface area (Å²) in [6.45, 7) is 8.16. The standard InChI is InChI=1S/C21H26N2O5/c1-12-10-23(11-13(2)27-12)20(24)15(4)28-21(25)18-9-16-8-17(26-5)6-7-19(16)22-14(18)3/h6-9,12-13,15H,10-11H2,1-5H3/t12-,13-,15-/m1/s1. The lowest BCUT2D eigenvalue weighted by atomic mass is 10.1. The van der Waals surface area contributed by atoms with E-state index in [1.807, 2.05) is 32.0 Å². The number of benzene rings is 1. The van der Waals surface area contributed by atoms with Crippen molar-refractivity contribution in [2.24, 2.45) is 0 Å². The first kappa shape index (κ1) is 20.1. The van der Waals surface area contributed by atoms with Gasteiger partial charge in [-0.3, -0.25) is 9.78 Å². The van der Waals surface area contributed by atoms with Gasteiger partial charge in [0.15, 0.2) is 6.10 Å². The van der Waals surface area contributed by atoms with Crippen LogP contribution < -0.4 is 4.74 Å². The van der Waals surface area contributed by atoms with Crippen LogP contribution in [-0.2, 0) is 14.3 Å². The van der Waals surface area contributed by atoms with Crippen molar-refractivity contribution in [3.05, 3.63) is 35.5 Å². The zero-order chi connectivity index (χ0) is 20.4. The second kappa shape index (κ2) is 8.14. The minimum atomic E-state index is -0.884. The predicted octanol–water partition coefficient (Wildman–Crippen LogP) is 2.73. The molecule has 28 heavy (non-hydrogen) atoms. The molecule has 0 unspecified atom stereocenters. The molecule has 0 N–H and O–H groups in total. The second-order valence-electron chi connectivity index (χ2n) is 7.23. The molecule has 0 aliphatic carbocycles. The molecule has 1 amide bonds. The van der Waals surface area contributed by atoms with Crippen molar-refractivity contribution in [3.8, 4) is 5.75 Å². The highest BCUT2D eigenvalue weighted by atomic mass is 16.5. The number of aromatic nitrogens is 1. The molecule has 3 atom stereocenters. The highest BCUT2D eigenvalue weighted by molar-refractivity contribution is 5.96. The maximum atomic E-state index is 12.7. The Morgan fingerprint density at radius 2 is 1.89 bits per heavy atom. The van der Waals surface area contributed by atoms with Gasteiger partial charge in [-0.05, 0) is 52.0 Å². The lowest BCUT2D eigenvalue weighted by molar-refractivity contribution is -0.151. The fourth-order valence-corrected chi connectivity index (χ4v) is 3.47. The van der Waals surface area contributed by atoms with Gasteiger partial charge < -0.3 is 19.1 Å². The van der Waals surface area contributed by atoms with Gasteiger partial charge in [-0.25, -0.2) is 4.79 Å². The minimum absolute atomic E-state index is 0.0440. The summed E-state index contributed by atoms with van der Waals surface area (Å²) in [7, 11) is 1.58. The molecule has 0 radical (unpaired) electrons. The molecule has 1 saturated heterocycles. The molecule has 7 nitrogen and oxygen atoms in total. The van der Waals surface area contributed by atoms with Gasteiger partial charge in [-0.1, -0.05) is 0 Å². The van der Waals surface area contributed by atoms with Crippen molar-refractivity contribution >= 4 is 22.8 Å². The van der Waals surface area contributed by atoms with Crippen molar-refractivity contribution in [1.82, 2.24) is 9.88 Å². The monoisotopic (exact) mass is 386 g/mol. The van der Waals surface area contributed by atoms with Crippen LogP contribution in [0.25, 0.3) is 10.9 Å². The van der Waals surface area contributed by atoms with Gasteiger partial charge >= 0.3 is 5.97 Å². The maximum absolute atomic E-state index is 12.7. The Hall–Kier alpha value is -2.67. The molecule has 7 heteroatoms. The number of pyridine rings is 1. The Bertz CT molecular complexity index is 888. The third kappa shape index (κ3) is 4.25. The van der Waals surface area contributed by atoms with E-state index in [1.165, 1.54) is 0 Å². The van der Waals surface area contributed by atoms with Crippen LogP contribution >= 0.6 is 0 Å². The highest BCUT2D eigenvalue weighted by Gasteiger charge is 2.31. The van der Waals surface area contributed by atoms with Crippen LogP contribution in [-0.4, -0.2) is 60.3 Å². The van der Waals surface area contributed by atoms with E-state index in [-0.39, 0.29) is 18.1 Å². The summed E-state index contributed by atoms with van der Waals surface area (Å²) in [6.07, 6.45) is -0.972. The number of hydrogen-bond donors (Lipinski definition) is 0. The average Bonchev–Trinajstić information content (AvgIpc) is 2.65. The van der Waals surface area contributed by atoms with Gasteiger partial charge in [0.05, 0.1) is 36.1 Å². The number of amides is 1. The molecule has 2 heterocycles. The van der Waals surface area contributed by atoms with Crippen LogP contribution in [0.5, 0.6) is 5.75 Å². The van der Waals surface area contributed by atoms with Crippen LogP contribution in [0.15, 0.2) is 24.3 Å². The number of esters is 1. The van der Waals surface area contributed by atoms with E-state index in [2.05, 4.69) is 4.98 Å². The fourth-order valence-electron chi connectivity index (χ4n) is 3.47. The molecule has 3 rings (SSSR count). The van der Waals surface area contributed by atoms with Crippen LogP contribution in [0.1, 0.15) is 36.8 Å². The largest absolute Gasteiger partial charge is 0.497 e. The number of nitrogens with zero attached hydrogens (tertiary/aromatic N) is 2. The van der Waals surface area contributed by atoms with E-state index in [0.717, 1.165) is 10.9 Å². The van der Waals surface area contributed by atoms with Gasteiger partial charge in [-0.15, -0.1) is 0 Å². The molecule has 1 fully saturated rings. The summed E-state index contributed by atoms with van der Waals surface area (Å²) in [5, 5.41) is 0.770. The van der Waals surface area contributed by atoms with Crippen LogP contribution in [0, 0.1) is 6.92 Å². The average molecular weight is 386 g/mol. The van der Waals surface area contributed by atoms with Crippen molar-refractivity contribution in [3.63, 3.8) is 0 Å². The number of hydrogen-bond acceptors (Lipinski definition) is 6. The molecule has 150 valence electrons. The first-order valence-corrected chi connectivity index (χ1v) is 9.39. The van der Waals surface area contributed by atoms with Crippen LogP contribution in [0.4, 0.5) is 0 Å². The number of methoxy groups -OCH3 is 1. The Morgan fingerprint density at radius 3 is 2.54 bits per heavy atom. The van der Waals surface area contributed by atoms with Gasteiger partial charge in [0.1, 0.15) is 5.75 Å². The number of fused-ring (bicyclic) bond motifs is 1. The first-order chi connectivity index (χ1) is 13.3. The van der Waals surface area contributed by atoms with Gasteiger partial charge in [-0.2, -0.15) is 0 Å². The normalized spacial score (nSPS) is 20.7. The first-order valence-electron chi connectivity index (χ1n) is 9.39. The van der Waals surface area contributed by atoms with E-state index in [9.17, 15) is 9.59 Å². The molecular formula is C21H26N2O5. The van der Waals surface area contributed by atoms with Crippen LogP contribution in [0.2, 0.25) is 0 Å². The van der Waals surface area contributed by atoms with Crippen molar-refractivity contribution in [1.29, 1.82) is 0 Å². The van der Waals surface area contributed by atoms with Crippen molar-refractivity contribution in [2.45, 2.75) is 46.0 Å². The van der Waals surface area contributed by atoms with E-state index in [1.54, 1.807) is 31.9 Å². The SMILES string of the molecule is COc1ccc2nc(C)c(C(=O)O[C@H](C)C(=O)N3C[C@@H](C)O[C@H](C)C3)cc2c1. The minimum Gasteiger partial charge on any atom is -0.497 e. The van der Waals surface area contributed by atoms with Crippen molar-refractivity contribution in [2.75, 3.05) is 20.2 Å². The number of carbonyl (C=O) groups excluding carboxylic acids is 2. The highest BCUT2D eigenvalue weighted by Crippen LogP contribution is 2.23. The lowest BCUT2D eigenvalue weighted by Gasteiger charge is -2.36. The molecule has 0 bridgehead atoms. The second-order valence-corrected chi connectivity index (χ2v) is 7.23. The zero-order valence-electron chi connectivity index (χ0n) is 16.9. The summed E-state index contributed by atoms with van der Waals surface area (Å²) in [5.74, 6) is -0.107. The summed E-state index contributed by atoms with van der Waals surface area (Å²) >= 11 is 0. The number of ether oxygens (including phenoxy) is 3. The smallest absolute Gasteiger partial charge is 0.340 e. The Kier molecular flexibility index (Phi) is 5.84. The third-order valence-electron chi connectivity index (χ3n) is 4.80. The quantitative estimate of drug-likeness (QED) is 0.752. The van der Waals surface area contributed by atoms with Gasteiger partial charge in [0, 0.05) is 18.5 Å².